The van der Waals surface area contributed by atoms with Crippen molar-refractivity contribution in [3.8, 4) is 0 Å². The van der Waals surface area contributed by atoms with E-state index in [0.29, 0.717) is 23.8 Å². The summed E-state index contributed by atoms with van der Waals surface area (Å²) in [4.78, 5) is 11.9. The Bertz CT molecular complexity index is 214. The fourth-order valence-corrected chi connectivity index (χ4v) is 2.91. The third-order valence-corrected chi connectivity index (χ3v) is 3.74. The van der Waals surface area contributed by atoms with Crippen molar-refractivity contribution in [2.45, 2.75) is 64.0 Å². The molecule has 2 bridgehead atoms. The molecule has 0 saturated carbocycles. The van der Waals surface area contributed by atoms with Crippen molar-refractivity contribution < 1.29 is 4.79 Å². The quantitative estimate of drug-likeness (QED) is 0.682. The molecule has 2 aliphatic heterocycles. The summed E-state index contributed by atoms with van der Waals surface area (Å²) in [6.45, 7) is 2.18. The molecule has 2 nitrogen and oxygen atoms in total. The molecule has 2 rings (SSSR count). The van der Waals surface area contributed by atoms with Crippen molar-refractivity contribution in [3.63, 3.8) is 0 Å². The first-order valence-electron chi connectivity index (χ1n) is 6.10. The Hall–Kier alpha value is -0.370. The maximum absolute atomic E-state index is 11.9. The van der Waals surface area contributed by atoms with Crippen molar-refractivity contribution in [3.05, 3.63) is 0 Å². The van der Waals surface area contributed by atoms with Crippen LogP contribution < -0.4 is 5.32 Å². The van der Waals surface area contributed by atoms with E-state index in [9.17, 15) is 4.79 Å². The zero-order valence-electron chi connectivity index (χ0n) is 9.09. The van der Waals surface area contributed by atoms with Gasteiger partial charge in [0.2, 0.25) is 0 Å². The van der Waals surface area contributed by atoms with Gasteiger partial charge in [-0.25, -0.2) is 0 Å². The average Bonchev–Trinajstić information content (AvgIpc) is 2.79. The average molecular weight is 195 g/mol. The van der Waals surface area contributed by atoms with E-state index in [2.05, 4.69) is 12.2 Å². The lowest BCUT2D eigenvalue weighted by molar-refractivity contribution is -0.123. The second-order valence-electron chi connectivity index (χ2n) is 4.81. The number of ketones is 1. The number of hydrogen-bond acceptors (Lipinski definition) is 2. The van der Waals surface area contributed by atoms with Gasteiger partial charge < -0.3 is 5.32 Å². The van der Waals surface area contributed by atoms with Crippen LogP contribution >= 0.6 is 0 Å². The Morgan fingerprint density at radius 3 is 2.79 bits per heavy atom. The third kappa shape index (κ3) is 2.00. The van der Waals surface area contributed by atoms with Gasteiger partial charge in [-0.3, -0.25) is 4.79 Å². The second-order valence-corrected chi connectivity index (χ2v) is 4.81. The predicted octanol–water partition coefficient (Wildman–Crippen LogP) is 2.28. The van der Waals surface area contributed by atoms with Crippen LogP contribution in [-0.2, 0) is 4.79 Å². The van der Waals surface area contributed by atoms with Crippen molar-refractivity contribution in [2.24, 2.45) is 5.92 Å². The van der Waals surface area contributed by atoms with Crippen LogP contribution in [0.5, 0.6) is 0 Å². The van der Waals surface area contributed by atoms with Gasteiger partial charge in [0, 0.05) is 24.4 Å². The van der Waals surface area contributed by atoms with Crippen LogP contribution in [0.4, 0.5) is 0 Å². The fraction of sp³-hybridized carbons (Fsp3) is 0.917. The molecule has 0 aliphatic carbocycles. The Morgan fingerprint density at radius 1 is 1.36 bits per heavy atom. The summed E-state index contributed by atoms with van der Waals surface area (Å²) in [5.41, 5.74) is 0. The second kappa shape index (κ2) is 4.43. The molecule has 0 aromatic heterocycles. The van der Waals surface area contributed by atoms with E-state index in [1.165, 1.54) is 25.7 Å². The zero-order valence-corrected chi connectivity index (χ0v) is 9.09. The lowest BCUT2D eigenvalue weighted by Gasteiger charge is -2.18. The molecule has 14 heavy (non-hydrogen) atoms. The molecule has 80 valence electrons. The largest absolute Gasteiger partial charge is 0.310 e. The summed E-state index contributed by atoms with van der Waals surface area (Å²) in [5, 5.41) is 3.53. The van der Waals surface area contributed by atoms with Crippen molar-refractivity contribution in [1.29, 1.82) is 0 Å². The van der Waals surface area contributed by atoms with Gasteiger partial charge in [0.15, 0.2) is 0 Å². The number of fused-ring (bicyclic) bond motifs is 2. The first-order chi connectivity index (χ1) is 6.81. The number of carbonyl (C=O) groups excluding carboxylic acids is 1. The van der Waals surface area contributed by atoms with E-state index >= 15 is 0 Å². The number of carbonyl (C=O) groups is 1. The smallest absolute Gasteiger partial charge is 0.137 e. The van der Waals surface area contributed by atoms with Gasteiger partial charge in [-0.15, -0.1) is 0 Å². The molecule has 1 N–H and O–H groups in total. The summed E-state index contributed by atoms with van der Waals surface area (Å²) in [6.07, 6.45) is 7.99. The van der Waals surface area contributed by atoms with Crippen LogP contribution in [0, 0.1) is 5.92 Å². The summed E-state index contributed by atoms with van der Waals surface area (Å²) in [6, 6.07) is 1.20. The summed E-state index contributed by atoms with van der Waals surface area (Å²) < 4.78 is 0. The number of nitrogens with one attached hydrogen (secondary N) is 1. The number of unbranched alkanes of at least 4 members (excludes halogenated alkanes) is 2. The molecule has 3 atom stereocenters. The van der Waals surface area contributed by atoms with E-state index in [0.717, 1.165) is 19.3 Å². The normalized spacial score (nSPS) is 35.1. The molecule has 2 fully saturated rings. The molecule has 0 spiro atoms. The maximum atomic E-state index is 11.9. The molecule has 2 heterocycles. The van der Waals surface area contributed by atoms with Gasteiger partial charge in [-0.05, 0) is 25.7 Å². The standard InChI is InChI=1S/C12H21NO/c1-2-3-4-5-12(14)10-8-9-6-7-11(10)13-9/h9-11,13H,2-8H2,1H3. The highest BCUT2D eigenvalue weighted by molar-refractivity contribution is 5.82. The van der Waals surface area contributed by atoms with Gasteiger partial charge in [0.25, 0.3) is 0 Å². The molecular weight excluding hydrogens is 174 g/mol. The number of rotatable bonds is 5. The molecule has 0 aromatic rings. The Morgan fingerprint density at radius 2 is 2.21 bits per heavy atom. The molecule has 2 saturated heterocycles. The van der Waals surface area contributed by atoms with Crippen molar-refractivity contribution >= 4 is 5.78 Å². The Labute approximate surface area is 86.5 Å². The van der Waals surface area contributed by atoms with Crippen LogP contribution in [0.25, 0.3) is 0 Å². The highest BCUT2D eigenvalue weighted by atomic mass is 16.1. The van der Waals surface area contributed by atoms with Gasteiger partial charge >= 0.3 is 0 Å². The van der Waals surface area contributed by atoms with Crippen LogP contribution in [0.1, 0.15) is 51.9 Å². The van der Waals surface area contributed by atoms with E-state index in [1.54, 1.807) is 0 Å². The minimum Gasteiger partial charge on any atom is -0.310 e. The third-order valence-electron chi connectivity index (χ3n) is 3.74. The van der Waals surface area contributed by atoms with Crippen molar-refractivity contribution in [1.82, 2.24) is 5.32 Å². The molecule has 3 unspecified atom stereocenters. The van der Waals surface area contributed by atoms with E-state index < -0.39 is 0 Å². The number of Topliss-reactive ketones (excluding diaryl/α,β-unsaturated/α-hetero) is 1. The van der Waals surface area contributed by atoms with Gasteiger partial charge in [0.05, 0.1) is 0 Å². The fourth-order valence-electron chi connectivity index (χ4n) is 2.91. The summed E-state index contributed by atoms with van der Waals surface area (Å²) in [5.74, 6) is 0.892. The Kier molecular flexibility index (Phi) is 3.22. The number of hydrogen-bond donors (Lipinski definition) is 1. The summed E-state index contributed by atoms with van der Waals surface area (Å²) in [7, 11) is 0. The molecule has 2 heteroatoms. The zero-order chi connectivity index (χ0) is 9.97. The maximum Gasteiger partial charge on any atom is 0.137 e. The van der Waals surface area contributed by atoms with Gasteiger partial charge in [0.1, 0.15) is 5.78 Å². The first kappa shape index (κ1) is 10.2. The monoisotopic (exact) mass is 195 g/mol. The van der Waals surface area contributed by atoms with Crippen LogP contribution in [0.3, 0.4) is 0 Å². The van der Waals surface area contributed by atoms with Crippen LogP contribution in [0.15, 0.2) is 0 Å². The SMILES string of the molecule is CCCCCC(=O)C1CC2CCC1N2. The van der Waals surface area contributed by atoms with E-state index in [4.69, 9.17) is 0 Å². The van der Waals surface area contributed by atoms with Crippen LogP contribution in [0.2, 0.25) is 0 Å². The van der Waals surface area contributed by atoms with Crippen LogP contribution in [-0.4, -0.2) is 17.9 Å². The lowest BCUT2D eigenvalue weighted by atomic mass is 9.84. The predicted molar refractivity (Wildman–Crippen MR) is 57.2 cm³/mol. The molecular formula is C12H21NO. The minimum absolute atomic E-state index is 0.366. The van der Waals surface area contributed by atoms with E-state index in [-0.39, 0.29) is 0 Å². The minimum atomic E-state index is 0.366. The molecule has 0 amide bonds. The lowest BCUT2D eigenvalue weighted by Crippen LogP contribution is -2.28. The molecule has 0 aromatic carbocycles. The first-order valence-corrected chi connectivity index (χ1v) is 6.10. The highest BCUT2D eigenvalue weighted by Gasteiger charge is 2.41. The van der Waals surface area contributed by atoms with E-state index in [1.807, 2.05) is 0 Å². The topological polar surface area (TPSA) is 29.1 Å². The summed E-state index contributed by atoms with van der Waals surface area (Å²) >= 11 is 0. The van der Waals surface area contributed by atoms with Gasteiger partial charge in [-0.1, -0.05) is 19.8 Å². The Balaban J connectivity index is 1.75. The molecule has 0 radical (unpaired) electrons. The highest BCUT2D eigenvalue weighted by Crippen LogP contribution is 2.34. The van der Waals surface area contributed by atoms with Gasteiger partial charge in [-0.2, -0.15) is 0 Å². The van der Waals surface area contributed by atoms with Crippen molar-refractivity contribution in [2.75, 3.05) is 0 Å². The molecule has 2 aliphatic rings.